The largest absolute Gasteiger partial charge is 0.496 e. The molecule has 31 heavy (non-hydrogen) atoms. The van der Waals surface area contributed by atoms with Crippen LogP contribution in [0.15, 0.2) is 83.8 Å². The summed E-state index contributed by atoms with van der Waals surface area (Å²) in [7, 11) is -2.36. The molecule has 1 unspecified atom stereocenters. The van der Waals surface area contributed by atoms with Crippen molar-refractivity contribution in [2.75, 3.05) is 18.0 Å². The fraction of sp³-hybridized carbons (Fsp3) is 0.174. The molecule has 0 aliphatic rings. The van der Waals surface area contributed by atoms with Crippen LogP contribution in [-0.2, 0) is 14.8 Å². The standard InChI is InChI=1S/C23H23IN2O4S/c1-17(21-10-6-7-11-22(21)30-2)25-23(27)16-26(19-14-12-18(24)13-15-19)31(28,29)20-8-4-3-5-9-20/h3-15,17H,16H2,1-2H3,(H,25,27). The SMILES string of the molecule is COc1ccccc1C(C)NC(=O)CN(c1ccc(I)cc1)S(=O)(=O)c1ccccc1. The molecule has 0 saturated heterocycles. The second-order valence-electron chi connectivity index (χ2n) is 6.83. The molecule has 1 N–H and O–H groups in total. The first-order chi connectivity index (χ1) is 14.8. The molecule has 162 valence electrons. The zero-order valence-electron chi connectivity index (χ0n) is 17.2. The third kappa shape index (κ3) is 5.56. The maximum atomic E-state index is 13.3. The van der Waals surface area contributed by atoms with E-state index in [9.17, 15) is 13.2 Å². The van der Waals surface area contributed by atoms with Crippen molar-refractivity contribution in [2.45, 2.75) is 17.9 Å². The first-order valence-electron chi connectivity index (χ1n) is 9.58. The Morgan fingerprint density at radius 2 is 1.61 bits per heavy atom. The van der Waals surface area contributed by atoms with Crippen LogP contribution in [0.5, 0.6) is 5.75 Å². The molecule has 0 heterocycles. The third-order valence-electron chi connectivity index (χ3n) is 4.72. The number of halogens is 1. The number of hydrogen-bond donors (Lipinski definition) is 1. The van der Waals surface area contributed by atoms with Crippen LogP contribution in [0.1, 0.15) is 18.5 Å². The number of rotatable bonds is 8. The van der Waals surface area contributed by atoms with Crippen LogP contribution in [0, 0.1) is 3.57 Å². The topological polar surface area (TPSA) is 75.7 Å². The van der Waals surface area contributed by atoms with Gasteiger partial charge in [-0.3, -0.25) is 9.10 Å². The molecule has 3 rings (SSSR count). The lowest BCUT2D eigenvalue weighted by Gasteiger charge is -2.25. The van der Waals surface area contributed by atoms with E-state index in [4.69, 9.17) is 4.74 Å². The zero-order valence-corrected chi connectivity index (χ0v) is 20.1. The van der Waals surface area contributed by atoms with E-state index >= 15 is 0 Å². The van der Waals surface area contributed by atoms with Gasteiger partial charge in [0.1, 0.15) is 12.3 Å². The van der Waals surface area contributed by atoms with E-state index in [2.05, 4.69) is 27.9 Å². The molecular weight excluding hydrogens is 527 g/mol. The van der Waals surface area contributed by atoms with Gasteiger partial charge in [0.15, 0.2) is 0 Å². The predicted molar refractivity (Wildman–Crippen MR) is 130 cm³/mol. The van der Waals surface area contributed by atoms with Gasteiger partial charge in [-0.1, -0.05) is 36.4 Å². The summed E-state index contributed by atoms with van der Waals surface area (Å²) in [5.74, 6) is 0.234. The Labute approximate surface area is 196 Å². The van der Waals surface area contributed by atoms with Gasteiger partial charge in [-0.15, -0.1) is 0 Å². The van der Waals surface area contributed by atoms with E-state index in [1.807, 2.05) is 31.2 Å². The lowest BCUT2D eigenvalue weighted by Crippen LogP contribution is -2.41. The minimum absolute atomic E-state index is 0.124. The number of benzene rings is 3. The summed E-state index contributed by atoms with van der Waals surface area (Å²) in [6.45, 7) is 1.48. The Kier molecular flexibility index (Phi) is 7.55. The maximum absolute atomic E-state index is 13.3. The number of hydrogen-bond acceptors (Lipinski definition) is 4. The minimum atomic E-state index is -3.93. The van der Waals surface area contributed by atoms with Crippen molar-refractivity contribution in [2.24, 2.45) is 0 Å². The maximum Gasteiger partial charge on any atom is 0.264 e. The number of nitrogens with zero attached hydrogens (tertiary/aromatic N) is 1. The molecule has 0 fully saturated rings. The Morgan fingerprint density at radius 3 is 2.26 bits per heavy atom. The lowest BCUT2D eigenvalue weighted by atomic mass is 10.1. The number of carbonyl (C=O) groups excluding carboxylic acids is 1. The quantitative estimate of drug-likeness (QED) is 0.423. The van der Waals surface area contributed by atoms with E-state index in [1.165, 1.54) is 12.1 Å². The molecule has 0 aliphatic heterocycles. The number of anilines is 1. The second kappa shape index (κ2) is 10.1. The summed E-state index contributed by atoms with van der Waals surface area (Å²) in [6, 6.07) is 22.1. The van der Waals surface area contributed by atoms with Crippen LogP contribution in [0.25, 0.3) is 0 Å². The summed E-state index contributed by atoms with van der Waals surface area (Å²) < 4.78 is 34.1. The van der Waals surface area contributed by atoms with Crippen molar-refractivity contribution in [3.8, 4) is 5.75 Å². The smallest absolute Gasteiger partial charge is 0.264 e. The number of methoxy groups -OCH3 is 1. The molecule has 0 aliphatic carbocycles. The van der Waals surface area contributed by atoms with Gasteiger partial charge in [0.2, 0.25) is 5.91 Å². The van der Waals surface area contributed by atoms with Crippen LogP contribution in [-0.4, -0.2) is 28.0 Å². The number of sulfonamides is 1. The molecule has 3 aromatic carbocycles. The highest BCUT2D eigenvalue weighted by Gasteiger charge is 2.27. The third-order valence-corrected chi connectivity index (χ3v) is 7.22. The molecule has 0 radical (unpaired) electrons. The zero-order chi connectivity index (χ0) is 22.4. The van der Waals surface area contributed by atoms with Gasteiger partial charge in [-0.05, 0) is 72.0 Å². The molecule has 0 bridgehead atoms. The lowest BCUT2D eigenvalue weighted by molar-refractivity contribution is -0.120. The Bertz CT molecular complexity index is 1140. The molecule has 1 atom stereocenters. The van der Waals surface area contributed by atoms with E-state index in [-0.39, 0.29) is 17.5 Å². The number of amides is 1. The highest BCUT2D eigenvalue weighted by Crippen LogP contribution is 2.26. The highest BCUT2D eigenvalue weighted by molar-refractivity contribution is 14.1. The average Bonchev–Trinajstić information content (AvgIpc) is 2.78. The van der Waals surface area contributed by atoms with Crippen LogP contribution in [0.4, 0.5) is 5.69 Å². The van der Waals surface area contributed by atoms with E-state index in [1.54, 1.807) is 49.6 Å². The van der Waals surface area contributed by atoms with Gasteiger partial charge in [0.25, 0.3) is 10.0 Å². The number of nitrogens with one attached hydrogen (secondary N) is 1. The first-order valence-corrected chi connectivity index (χ1v) is 12.1. The van der Waals surface area contributed by atoms with Gasteiger partial charge in [0, 0.05) is 9.13 Å². The summed E-state index contributed by atoms with van der Waals surface area (Å²) in [5, 5.41) is 2.88. The summed E-state index contributed by atoms with van der Waals surface area (Å²) in [5.41, 5.74) is 1.23. The van der Waals surface area contributed by atoms with Crippen molar-refractivity contribution in [3.63, 3.8) is 0 Å². The number of para-hydroxylation sites is 1. The van der Waals surface area contributed by atoms with E-state index in [0.29, 0.717) is 11.4 Å². The number of ether oxygens (including phenoxy) is 1. The van der Waals surface area contributed by atoms with Gasteiger partial charge in [-0.25, -0.2) is 8.42 Å². The van der Waals surface area contributed by atoms with Crippen LogP contribution in [0.2, 0.25) is 0 Å². The van der Waals surface area contributed by atoms with Crippen molar-refractivity contribution >= 4 is 44.2 Å². The molecular formula is C23H23IN2O4S. The first kappa shape index (κ1) is 23.1. The van der Waals surface area contributed by atoms with Crippen LogP contribution >= 0.6 is 22.6 Å². The Balaban J connectivity index is 1.88. The van der Waals surface area contributed by atoms with Crippen molar-refractivity contribution in [1.29, 1.82) is 0 Å². The van der Waals surface area contributed by atoms with Crippen molar-refractivity contribution < 1.29 is 17.9 Å². The monoisotopic (exact) mass is 550 g/mol. The molecule has 0 aromatic heterocycles. The normalized spacial score (nSPS) is 12.1. The van der Waals surface area contributed by atoms with Gasteiger partial charge >= 0.3 is 0 Å². The Morgan fingerprint density at radius 1 is 1.00 bits per heavy atom. The van der Waals surface area contributed by atoms with E-state index in [0.717, 1.165) is 13.4 Å². The molecule has 0 spiro atoms. The predicted octanol–water partition coefficient (Wildman–Crippen LogP) is 4.37. The molecule has 0 saturated carbocycles. The molecule has 1 amide bonds. The van der Waals surface area contributed by atoms with Gasteiger partial charge in [0.05, 0.1) is 23.7 Å². The summed E-state index contributed by atoms with van der Waals surface area (Å²) >= 11 is 2.15. The number of carbonyl (C=O) groups is 1. The second-order valence-corrected chi connectivity index (χ2v) is 9.94. The van der Waals surface area contributed by atoms with Crippen molar-refractivity contribution in [1.82, 2.24) is 5.32 Å². The summed E-state index contributed by atoms with van der Waals surface area (Å²) in [6.07, 6.45) is 0. The van der Waals surface area contributed by atoms with Gasteiger partial charge in [-0.2, -0.15) is 0 Å². The van der Waals surface area contributed by atoms with Crippen molar-refractivity contribution in [3.05, 3.63) is 88.0 Å². The summed E-state index contributed by atoms with van der Waals surface area (Å²) in [4.78, 5) is 13.0. The fourth-order valence-electron chi connectivity index (χ4n) is 3.16. The average molecular weight is 550 g/mol. The fourth-order valence-corrected chi connectivity index (χ4v) is 4.96. The van der Waals surface area contributed by atoms with Crippen LogP contribution < -0.4 is 14.4 Å². The van der Waals surface area contributed by atoms with E-state index < -0.39 is 15.9 Å². The minimum Gasteiger partial charge on any atom is -0.496 e. The molecule has 3 aromatic rings. The molecule has 6 nitrogen and oxygen atoms in total. The molecule has 8 heteroatoms. The Hall–Kier alpha value is -2.59. The highest BCUT2D eigenvalue weighted by atomic mass is 127. The van der Waals surface area contributed by atoms with Crippen LogP contribution in [0.3, 0.4) is 0 Å². The van der Waals surface area contributed by atoms with Gasteiger partial charge < -0.3 is 10.1 Å².